The minimum atomic E-state index is -2.65. The molecule has 13 heavy (non-hydrogen) atoms. The Kier molecular flexibility index (Phi) is 2.19. The Labute approximate surface area is 86.1 Å². The Morgan fingerprint density at radius 3 is 2.85 bits per heavy atom. The number of hydrogen-bond donors (Lipinski definition) is 0. The summed E-state index contributed by atoms with van der Waals surface area (Å²) in [6, 6.07) is 5.13. The number of fused-ring (bicyclic) bond motifs is 1. The number of nitrogens with zero attached hydrogens (tertiary/aromatic N) is 1. The summed E-state index contributed by atoms with van der Waals surface area (Å²) in [6.07, 6.45) is -2.65. The van der Waals surface area contributed by atoms with E-state index in [4.69, 9.17) is 4.42 Å². The van der Waals surface area contributed by atoms with E-state index in [-0.39, 0.29) is 0 Å². The molecule has 0 N–H and O–H groups in total. The molecule has 0 atom stereocenters. The van der Waals surface area contributed by atoms with Crippen LogP contribution in [0.2, 0.25) is 0 Å². The summed E-state index contributed by atoms with van der Waals surface area (Å²) >= 11 is 2.08. The zero-order chi connectivity index (χ0) is 9.42. The Bertz CT molecular complexity index is 441. The fourth-order valence-electron chi connectivity index (χ4n) is 1.01. The molecule has 0 saturated heterocycles. The van der Waals surface area contributed by atoms with Gasteiger partial charge in [0.25, 0.3) is 5.89 Å². The maximum atomic E-state index is 12.1. The Hall–Kier alpha value is -0.720. The Morgan fingerprint density at radius 2 is 2.15 bits per heavy atom. The third-order valence-corrected chi connectivity index (χ3v) is 2.22. The predicted molar refractivity (Wildman–Crippen MR) is 51.7 cm³/mol. The highest BCUT2D eigenvalue weighted by Gasteiger charge is 2.15. The summed E-state index contributed by atoms with van der Waals surface area (Å²) in [5.74, 6) is -0.517. The molecule has 0 spiro atoms. The van der Waals surface area contributed by atoms with Crippen molar-refractivity contribution in [3.05, 3.63) is 27.7 Å². The molecular formula is C8H4F2INO. The van der Waals surface area contributed by atoms with Crippen LogP contribution in [-0.2, 0) is 0 Å². The lowest BCUT2D eigenvalue weighted by Crippen LogP contribution is -1.80. The SMILES string of the molecule is FC(F)c1nc2ccc(I)cc2o1. The zero-order valence-electron chi connectivity index (χ0n) is 6.30. The fourth-order valence-corrected chi connectivity index (χ4v) is 1.47. The van der Waals surface area contributed by atoms with Gasteiger partial charge in [-0.3, -0.25) is 0 Å². The van der Waals surface area contributed by atoms with Gasteiger partial charge in [0.15, 0.2) is 5.58 Å². The van der Waals surface area contributed by atoms with E-state index in [0.29, 0.717) is 11.1 Å². The Morgan fingerprint density at radius 1 is 1.38 bits per heavy atom. The highest BCUT2D eigenvalue weighted by molar-refractivity contribution is 14.1. The van der Waals surface area contributed by atoms with Gasteiger partial charge in [-0.05, 0) is 40.8 Å². The van der Waals surface area contributed by atoms with Crippen LogP contribution >= 0.6 is 22.6 Å². The van der Waals surface area contributed by atoms with E-state index in [1.165, 1.54) is 0 Å². The maximum absolute atomic E-state index is 12.1. The van der Waals surface area contributed by atoms with Crippen LogP contribution in [0.25, 0.3) is 11.1 Å². The van der Waals surface area contributed by atoms with E-state index < -0.39 is 12.3 Å². The number of benzene rings is 1. The molecule has 0 fully saturated rings. The zero-order valence-corrected chi connectivity index (χ0v) is 8.46. The molecular weight excluding hydrogens is 291 g/mol. The van der Waals surface area contributed by atoms with Crippen molar-refractivity contribution in [2.45, 2.75) is 6.43 Å². The van der Waals surface area contributed by atoms with E-state index in [0.717, 1.165) is 3.57 Å². The van der Waals surface area contributed by atoms with Crippen molar-refractivity contribution in [2.75, 3.05) is 0 Å². The minimum Gasteiger partial charge on any atom is -0.435 e. The molecule has 2 aromatic rings. The molecule has 0 amide bonds. The second kappa shape index (κ2) is 3.21. The van der Waals surface area contributed by atoms with Crippen LogP contribution in [0.3, 0.4) is 0 Å². The highest BCUT2D eigenvalue weighted by atomic mass is 127. The summed E-state index contributed by atoms with van der Waals surface area (Å²) in [4.78, 5) is 3.63. The third kappa shape index (κ3) is 1.65. The molecule has 0 aliphatic rings. The van der Waals surface area contributed by atoms with Gasteiger partial charge < -0.3 is 4.42 Å². The van der Waals surface area contributed by atoms with Gasteiger partial charge in [0.1, 0.15) is 5.52 Å². The number of hydrogen-bond acceptors (Lipinski definition) is 2. The average Bonchev–Trinajstić information content (AvgIpc) is 2.46. The van der Waals surface area contributed by atoms with Crippen molar-refractivity contribution in [2.24, 2.45) is 0 Å². The molecule has 1 aromatic heterocycles. The van der Waals surface area contributed by atoms with E-state index >= 15 is 0 Å². The van der Waals surface area contributed by atoms with Gasteiger partial charge in [0.2, 0.25) is 0 Å². The molecule has 0 aliphatic carbocycles. The smallest absolute Gasteiger partial charge is 0.313 e. The van der Waals surface area contributed by atoms with Crippen LogP contribution in [0.5, 0.6) is 0 Å². The lowest BCUT2D eigenvalue weighted by molar-refractivity contribution is 0.117. The van der Waals surface area contributed by atoms with Gasteiger partial charge in [-0.1, -0.05) is 0 Å². The summed E-state index contributed by atoms with van der Waals surface area (Å²) in [7, 11) is 0. The average molecular weight is 295 g/mol. The van der Waals surface area contributed by atoms with Gasteiger partial charge in [0.05, 0.1) is 0 Å². The first kappa shape index (κ1) is 8.86. The van der Waals surface area contributed by atoms with Crippen molar-refractivity contribution in [3.8, 4) is 0 Å². The van der Waals surface area contributed by atoms with Crippen molar-refractivity contribution >= 4 is 33.7 Å². The van der Waals surface area contributed by atoms with Gasteiger partial charge in [-0.25, -0.2) is 4.98 Å². The first-order valence-electron chi connectivity index (χ1n) is 3.51. The summed E-state index contributed by atoms with van der Waals surface area (Å²) in [5.41, 5.74) is 0.873. The number of oxazole rings is 1. The van der Waals surface area contributed by atoms with Gasteiger partial charge >= 0.3 is 6.43 Å². The molecule has 0 bridgehead atoms. The van der Waals surface area contributed by atoms with Crippen molar-refractivity contribution in [1.82, 2.24) is 4.98 Å². The van der Waals surface area contributed by atoms with E-state index in [1.54, 1.807) is 18.2 Å². The molecule has 0 unspecified atom stereocenters. The van der Waals surface area contributed by atoms with Crippen LogP contribution in [-0.4, -0.2) is 4.98 Å². The molecule has 68 valence electrons. The van der Waals surface area contributed by atoms with Gasteiger partial charge in [-0.15, -0.1) is 0 Å². The van der Waals surface area contributed by atoms with E-state index in [2.05, 4.69) is 27.6 Å². The first-order chi connectivity index (χ1) is 6.16. The molecule has 0 radical (unpaired) electrons. The number of rotatable bonds is 1. The van der Waals surface area contributed by atoms with Crippen molar-refractivity contribution < 1.29 is 13.2 Å². The van der Waals surface area contributed by atoms with E-state index in [1.807, 2.05) is 0 Å². The Balaban J connectivity index is 2.62. The molecule has 2 rings (SSSR count). The standard InChI is InChI=1S/C8H4F2INO/c9-7(10)8-12-5-2-1-4(11)3-6(5)13-8/h1-3,7H. The maximum Gasteiger partial charge on any atom is 0.313 e. The van der Waals surface area contributed by atoms with Crippen molar-refractivity contribution in [3.63, 3.8) is 0 Å². The number of alkyl halides is 2. The second-order valence-corrected chi connectivity index (χ2v) is 3.71. The summed E-state index contributed by atoms with van der Waals surface area (Å²) in [6.45, 7) is 0. The van der Waals surface area contributed by atoms with Gasteiger partial charge in [0, 0.05) is 3.57 Å². The summed E-state index contributed by atoms with van der Waals surface area (Å²) in [5, 5.41) is 0. The minimum absolute atomic E-state index is 0.405. The molecule has 2 nitrogen and oxygen atoms in total. The van der Waals surface area contributed by atoms with Crippen molar-refractivity contribution in [1.29, 1.82) is 0 Å². The van der Waals surface area contributed by atoms with Crippen LogP contribution < -0.4 is 0 Å². The topological polar surface area (TPSA) is 26.0 Å². The monoisotopic (exact) mass is 295 g/mol. The van der Waals surface area contributed by atoms with Crippen LogP contribution in [0, 0.1) is 3.57 Å². The predicted octanol–water partition coefficient (Wildman–Crippen LogP) is 3.37. The van der Waals surface area contributed by atoms with E-state index in [9.17, 15) is 8.78 Å². The molecule has 1 heterocycles. The van der Waals surface area contributed by atoms with Crippen LogP contribution in [0.15, 0.2) is 22.6 Å². The number of halogens is 3. The molecule has 0 saturated carbocycles. The number of aromatic nitrogens is 1. The quantitative estimate of drug-likeness (QED) is 0.754. The first-order valence-corrected chi connectivity index (χ1v) is 4.59. The van der Waals surface area contributed by atoms with Crippen LogP contribution in [0.1, 0.15) is 12.3 Å². The third-order valence-electron chi connectivity index (χ3n) is 1.55. The second-order valence-electron chi connectivity index (χ2n) is 2.46. The van der Waals surface area contributed by atoms with Gasteiger partial charge in [-0.2, -0.15) is 8.78 Å². The van der Waals surface area contributed by atoms with Crippen LogP contribution in [0.4, 0.5) is 8.78 Å². The lowest BCUT2D eigenvalue weighted by Gasteiger charge is -1.87. The molecule has 0 aliphatic heterocycles. The lowest BCUT2D eigenvalue weighted by atomic mass is 10.3. The highest BCUT2D eigenvalue weighted by Crippen LogP contribution is 2.24. The normalized spacial score (nSPS) is 11.4. The molecule has 5 heteroatoms. The fraction of sp³-hybridized carbons (Fsp3) is 0.125. The summed E-state index contributed by atoms with van der Waals surface area (Å²) < 4.78 is 30.1. The molecule has 1 aromatic carbocycles. The largest absolute Gasteiger partial charge is 0.435 e.